The topological polar surface area (TPSA) is 89.9 Å². The fourth-order valence-electron chi connectivity index (χ4n) is 2.81. The number of amides is 1. The van der Waals surface area contributed by atoms with Crippen LogP contribution in [0.5, 0.6) is 0 Å². The summed E-state index contributed by atoms with van der Waals surface area (Å²) >= 11 is 1.21. The molecule has 0 fully saturated rings. The van der Waals surface area contributed by atoms with Gasteiger partial charge in [-0.3, -0.25) is 9.59 Å². The summed E-state index contributed by atoms with van der Waals surface area (Å²) in [5.41, 5.74) is 3.43. The van der Waals surface area contributed by atoms with Gasteiger partial charge in [-0.15, -0.1) is 0 Å². The van der Waals surface area contributed by atoms with Crippen LogP contribution < -0.4 is 10.5 Å². The van der Waals surface area contributed by atoms with E-state index in [0.29, 0.717) is 11.7 Å². The van der Waals surface area contributed by atoms with Gasteiger partial charge in [0.15, 0.2) is 5.16 Å². The van der Waals surface area contributed by atoms with Gasteiger partial charge in [-0.25, -0.2) is 4.98 Å². The third kappa shape index (κ3) is 6.26. The molecule has 1 aromatic carbocycles. The zero-order chi connectivity index (χ0) is 19.8. The Morgan fingerprint density at radius 3 is 2.59 bits per heavy atom. The Kier molecular flexibility index (Phi) is 7.62. The Balaban J connectivity index is 2.16. The Morgan fingerprint density at radius 1 is 1.26 bits per heavy atom. The summed E-state index contributed by atoms with van der Waals surface area (Å²) in [4.78, 5) is 33.3. The number of benzene rings is 1. The first-order valence-electron chi connectivity index (χ1n) is 8.91. The van der Waals surface area contributed by atoms with Gasteiger partial charge in [0.1, 0.15) is 0 Å². The Hall–Kier alpha value is -2.59. The fraction of sp³-hybridized carbons (Fsp3) is 0.400. The van der Waals surface area contributed by atoms with E-state index in [0.717, 1.165) is 35.3 Å². The van der Waals surface area contributed by atoms with Crippen LogP contribution in [0.1, 0.15) is 36.6 Å². The predicted molar refractivity (Wildman–Crippen MR) is 108 cm³/mol. The van der Waals surface area contributed by atoms with Crippen molar-refractivity contribution < 1.29 is 4.79 Å². The Morgan fingerprint density at radius 2 is 1.96 bits per heavy atom. The number of hydrogen-bond acceptors (Lipinski definition) is 5. The van der Waals surface area contributed by atoms with Gasteiger partial charge >= 0.3 is 0 Å². The molecule has 0 aliphatic heterocycles. The van der Waals surface area contributed by atoms with Crippen molar-refractivity contribution in [3.8, 4) is 6.07 Å². The number of anilines is 1. The number of carbonyl (C=O) groups excluding carboxylic acids is 1. The highest BCUT2D eigenvalue weighted by atomic mass is 32.2. The number of nitrogens with zero attached hydrogens (tertiary/aromatic N) is 3. The molecule has 2 aromatic rings. The summed E-state index contributed by atoms with van der Waals surface area (Å²) in [6.07, 6.45) is 1.88. The second-order valence-electron chi connectivity index (χ2n) is 6.38. The average Bonchev–Trinajstić information content (AvgIpc) is 2.59. The molecule has 2 rings (SSSR count). The summed E-state index contributed by atoms with van der Waals surface area (Å²) in [6.45, 7) is 6.31. The molecule has 142 valence electrons. The lowest BCUT2D eigenvalue weighted by molar-refractivity contribution is -0.116. The van der Waals surface area contributed by atoms with Crippen LogP contribution in [-0.4, -0.2) is 28.2 Å². The van der Waals surface area contributed by atoms with Crippen molar-refractivity contribution in [3.63, 3.8) is 0 Å². The van der Waals surface area contributed by atoms with Crippen LogP contribution >= 0.6 is 11.8 Å². The largest absolute Gasteiger partial charge is 0.311 e. The van der Waals surface area contributed by atoms with E-state index in [4.69, 9.17) is 5.26 Å². The zero-order valence-electron chi connectivity index (χ0n) is 15.9. The summed E-state index contributed by atoms with van der Waals surface area (Å²) in [6, 6.07) is 9.50. The number of carbonyl (C=O) groups is 1. The van der Waals surface area contributed by atoms with Crippen LogP contribution in [0.3, 0.4) is 0 Å². The summed E-state index contributed by atoms with van der Waals surface area (Å²) < 4.78 is 0. The van der Waals surface area contributed by atoms with E-state index < -0.39 is 0 Å². The van der Waals surface area contributed by atoms with Gasteiger partial charge in [0.05, 0.1) is 18.2 Å². The van der Waals surface area contributed by atoms with Crippen molar-refractivity contribution in [2.24, 2.45) is 0 Å². The lowest BCUT2D eigenvalue weighted by atomic mass is 10.1. The van der Waals surface area contributed by atoms with E-state index >= 15 is 0 Å². The molecule has 1 aromatic heterocycles. The lowest BCUT2D eigenvalue weighted by Crippen LogP contribution is -2.33. The fourth-order valence-corrected chi connectivity index (χ4v) is 3.58. The third-order valence-electron chi connectivity index (χ3n) is 3.88. The van der Waals surface area contributed by atoms with Crippen molar-refractivity contribution in [1.82, 2.24) is 9.97 Å². The van der Waals surface area contributed by atoms with Crippen molar-refractivity contribution in [2.45, 2.75) is 45.2 Å². The summed E-state index contributed by atoms with van der Waals surface area (Å²) in [7, 11) is 0. The third-order valence-corrected chi connectivity index (χ3v) is 4.74. The molecule has 0 spiro atoms. The Bertz CT molecular complexity index is 881. The van der Waals surface area contributed by atoms with E-state index in [-0.39, 0.29) is 23.6 Å². The first-order chi connectivity index (χ1) is 12.9. The lowest BCUT2D eigenvalue weighted by Gasteiger charge is -2.22. The van der Waals surface area contributed by atoms with Gasteiger partial charge in [-0.2, -0.15) is 5.26 Å². The normalized spacial score (nSPS) is 10.4. The van der Waals surface area contributed by atoms with Gasteiger partial charge < -0.3 is 9.88 Å². The number of hydrogen-bond donors (Lipinski definition) is 1. The number of nitriles is 1. The minimum atomic E-state index is -0.209. The van der Waals surface area contributed by atoms with Crippen molar-refractivity contribution in [3.05, 3.63) is 51.4 Å². The monoisotopic (exact) mass is 384 g/mol. The number of nitrogens with one attached hydrogen (secondary N) is 1. The van der Waals surface area contributed by atoms with Crippen molar-refractivity contribution >= 4 is 23.4 Å². The highest BCUT2D eigenvalue weighted by molar-refractivity contribution is 7.99. The molecule has 0 saturated heterocycles. The molecule has 1 heterocycles. The van der Waals surface area contributed by atoms with Gasteiger partial charge in [-0.05, 0) is 43.5 Å². The molecule has 1 amide bonds. The molecule has 0 aliphatic rings. The molecule has 0 aliphatic carbocycles. The SMILES string of the molecule is CCCc1cc(=O)[nH]c(SCC(=O)N(CCC#N)c2cc(C)cc(C)c2)n1. The van der Waals surface area contributed by atoms with Gasteiger partial charge in [0.25, 0.3) is 5.56 Å². The molecule has 0 atom stereocenters. The number of rotatable bonds is 8. The van der Waals surface area contributed by atoms with Crippen LogP contribution in [0.4, 0.5) is 5.69 Å². The molecule has 0 unspecified atom stereocenters. The first kappa shape index (κ1) is 20.7. The quantitative estimate of drug-likeness (QED) is 0.557. The predicted octanol–water partition coefficient (Wildman–Crippen LogP) is 3.38. The minimum absolute atomic E-state index is 0.121. The summed E-state index contributed by atoms with van der Waals surface area (Å²) in [5.74, 6) is 0.0144. The average molecular weight is 385 g/mol. The van der Waals surface area contributed by atoms with Crippen molar-refractivity contribution in [1.29, 1.82) is 5.26 Å². The smallest absolute Gasteiger partial charge is 0.251 e. The number of H-pyrrole nitrogens is 1. The number of aromatic amines is 1. The van der Waals surface area contributed by atoms with E-state index in [1.165, 1.54) is 17.8 Å². The van der Waals surface area contributed by atoms with E-state index in [2.05, 4.69) is 16.0 Å². The maximum Gasteiger partial charge on any atom is 0.251 e. The minimum Gasteiger partial charge on any atom is -0.311 e. The van der Waals surface area contributed by atoms with E-state index in [1.54, 1.807) is 4.90 Å². The molecular formula is C20H24N4O2S. The summed E-state index contributed by atoms with van der Waals surface area (Å²) in [5, 5.41) is 9.37. The molecule has 6 nitrogen and oxygen atoms in total. The molecule has 1 N–H and O–H groups in total. The highest BCUT2D eigenvalue weighted by Gasteiger charge is 2.17. The second kappa shape index (κ2) is 9.93. The highest BCUT2D eigenvalue weighted by Crippen LogP contribution is 2.21. The molecule has 0 radical (unpaired) electrons. The van der Waals surface area contributed by atoms with Crippen LogP contribution in [0.15, 0.2) is 34.2 Å². The van der Waals surface area contributed by atoms with Gasteiger partial charge in [-0.1, -0.05) is 31.2 Å². The number of aryl methyl sites for hydroxylation is 3. The molecule has 27 heavy (non-hydrogen) atoms. The van der Waals surface area contributed by atoms with Crippen molar-refractivity contribution in [2.75, 3.05) is 17.2 Å². The van der Waals surface area contributed by atoms with E-state index in [1.807, 2.05) is 39.0 Å². The number of thioether (sulfide) groups is 1. The molecule has 0 bridgehead atoms. The molecule has 0 saturated carbocycles. The Labute approximate surface area is 163 Å². The van der Waals surface area contributed by atoms with Gasteiger partial charge in [0, 0.05) is 24.0 Å². The maximum atomic E-state index is 12.8. The van der Waals surface area contributed by atoms with Crippen LogP contribution in [0, 0.1) is 25.2 Å². The van der Waals surface area contributed by atoms with Gasteiger partial charge in [0.2, 0.25) is 5.91 Å². The van der Waals surface area contributed by atoms with E-state index in [9.17, 15) is 9.59 Å². The second-order valence-corrected chi connectivity index (χ2v) is 7.34. The van der Waals surface area contributed by atoms with Crippen LogP contribution in [-0.2, 0) is 11.2 Å². The molecule has 7 heteroatoms. The maximum absolute atomic E-state index is 12.8. The standard InChI is InChI=1S/C20H24N4O2S/c1-4-6-16-12-18(25)23-20(22-16)27-13-19(26)24(8-5-7-21)17-10-14(2)9-15(3)11-17/h9-12H,4-6,8,13H2,1-3H3,(H,22,23,25). The first-order valence-corrected chi connectivity index (χ1v) is 9.90. The zero-order valence-corrected chi connectivity index (χ0v) is 16.7. The van der Waals surface area contributed by atoms with Crippen LogP contribution in [0.25, 0.3) is 0 Å². The molecular weight excluding hydrogens is 360 g/mol. The van der Waals surface area contributed by atoms with Crippen LogP contribution in [0.2, 0.25) is 0 Å². The number of aromatic nitrogens is 2.